The Morgan fingerprint density at radius 3 is 2.46 bits per heavy atom. The number of hydrogen-bond donors (Lipinski definition) is 2. The molecule has 0 aliphatic carbocycles. The van der Waals surface area contributed by atoms with Gasteiger partial charge in [0.05, 0.1) is 13.2 Å². The van der Waals surface area contributed by atoms with Gasteiger partial charge in [-0.1, -0.05) is 0 Å². The molecular formula is C9H11NO2S. The van der Waals surface area contributed by atoms with Crippen molar-refractivity contribution in [3.05, 3.63) is 12.1 Å². The highest BCUT2D eigenvalue weighted by atomic mass is 32.1. The first-order chi connectivity index (χ1) is 6.27. The highest BCUT2D eigenvalue weighted by molar-refractivity contribution is 7.80. The third kappa shape index (κ3) is 1.67. The molecule has 3 nitrogen and oxygen atoms in total. The van der Waals surface area contributed by atoms with E-state index in [0.29, 0.717) is 24.7 Å². The summed E-state index contributed by atoms with van der Waals surface area (Å²) < 4.78 is 10.9. The van der Waals surface area contributed by atoms with Gasteiger partial charge in [-0.05, 0) is 6.07 Å². The molecular weight excluding hydrogens is 186 g/mol. The number of fused-ring (bicyclic) bond motifs is 1. The number of nitrogens with two attached hydrogens (primary N) is 1. The molecule has 0 saturated carbocycles. The van der Waals surface area contributed by atoms with E-state index in [9.17, 15) is 0 Å². The third-order valence-electron chi connectivity index (χ3n) is 1.90. The molecule has 1 aliphatic heterocycles. The lowest BCUT2D eigenvalue weighted by Gasteiger charge is -2.08. The van der Waals surface area contributed by atoms with Gasteiger partial charge < -0.3 is 15.2 Å². The van der Waals surface area contributed by atoms with E-state index in [1.807, 2.05) is 0 Å². The predicted octanol–water partition coefficient (Wildman–Crippen LogP) is 1.72. The summed E-state index contributed by atoms with van der Waals surface area (Å²) >= 11 is 4.21. The van der Waals surface area contributed by atoms with Gasteiger partial charge in [0.2, 0.25) is 0 Å². The topological polar surface area (TPSA) is 44.5 Å². The first-order valence-corrected chi connectivity index (χ1v) is 4.60. The second kappa shape index (κ2) is 3.38. The van der Waals surface area contributed by atoms with Crippen molar-refractivity contribution in [3.8, 4) is 11.5 Å². The zero-order chi connectivity index (χ0) is 9.26. The second-order valence-electron chi connectivity index (χ2n) is 2.91. The van der Waals surface area contributed by atoms with Gasteiger partial charge in [0.15, 0.2) is 11.5 Å². The maximum Gasteiger partial charge on any atom is 0.163 e. The van der Waals surface area contributed by atoms with E-state index in [1.165, 1.54) is 0 Å². The molecule has 0 atom stereocenters. The van der Waals surface area contributed by atoms with Crippen LogP contribution in [0.15, 0.2) is 17.0 Å². The molecule has 70 valence electrons. The molecule has 0 amide bonds. The van der Waals surface area contributed by atoms with E-state index >= 15 is 0 Å². The van der Waals surface area contributed by atoms with Crippen LogP contribution < -0.4 is 15.2 Å². The van der Waals surface area contributed by atoms with Gasteiger partial charge in [-0.25, -0.2) is 0 Å². The van der Waals surface area contributed by atoms with Crippen LogP contribution in [0.4, 0.5) is 5.69 Å². The number of anilines is 1. The largest absolute Gasteiger partial charge is 0.490 e. The summed E-state index contributed by atoms with van der Waals surface area (Å²) in [5.74, 6) is 1.45. The molecule has 2 rings (SSSR count). The van der Waals surface area contributed by atoms with Crippen LogP contribution in [0.5, 0.6) is 11.5 Å². The van der Waals surface area contributed by atoms with Gasteiger partial charge in [0, 0.05) is 23.1 Å². The second-order valence-corrected chi connectivity index (χ2v) is 3.39. The molecule has 0 saturated heterocycles. The predicted molar refractivity (Wildman–Crippen MR) is 53.7 cm³/mol. The molecule has 2 N–H and O–H groups in total. The Balaban J connectivity index is 2.43. The van der Waals surface area contributed by atoms with Crippen molar-refractivity contribution in [2.45, 2.75) is 11.3 Å². The van der Waals surface area contributed by atoms with Crippen molar-refractivity contribution in [1.82, 2.24) is 0 Å². The standard InChI is InChI=1S/C9H11NO2S/c10-6-4-7-8(5-9(6)13)12-3-1-2-11-7/h4-5,13H,1-3,10H2. The first-order valence-electron chi connectivity index (χ1n) is 4.15. The van der Waals surface area contributed by atoms with Crippen LogP contribution in [0.1, 0.15) is 6.42 Å². The Bertz CT molecular complexity index is 297. The molecule has 0 radical (unpaired) electrons. The number of nitrogen functional groups attached to an aromatic ring is 1. The Labute approximate surface area is 82.2 Å². The van der Waals surface area contributed by atoms with E-state index in [4.69, 9.17) is 15.2 Å². The number of ether oxygens (including phenoxy) is 2. The van der Waals surface area contributed by atoms with Gasteiger partial charge in [-0.3, -0.25) is 0 Å². The summed E-state index contributed by atoms with van der Waals surface area (Å²) in [6.07, 6.45) is 0.899. The van der Waals surface area contributed by atoms with Crippen molar-refractivity contribution in [3.63, 3.8) is 0 Å². The van der Waals surface area contributed by atoms with Crippen molar-refractivity contribution >= 4 is 18.3 Å². The number of thiol groups is 1. The minimum atomic E-state index is 0.618. The van der Waals surface area contributed by atoms with Crippen molar-refractivity contribution in [2.24, 2.45) is 0 Å². The minimum Gasteiger partial charge on any atom is -0.490 e. The molecule has 0 fully saturated rings. The van der Waals surface area contributed by atoms with Gasteiger partial charge in [0.25, 0.3) is 0 Å². The molecule has 1 heterocycles. The maximum atomic E-state index is 5.68. The maximum absolute atomic E-state index is 5.68. The quantitative estimate of drug-likeness (QED) is 0.491. The fourth-order valence-corrected chi connectivity index (χ4v) is 1.40. The van der Waals surface area contributed by atoms with E-state index in [1.54, 1.807) is 12.1 Å². The van der Waals surface area contributed by atoms with E-state index < -0.39 is 0 Å². The zero-order valence-corrected chi connectivity index (χ0v) is 8.01. The molecule has 1 aromatic rings. The van der Waals surface area contributed by atoms with Crippen molar-refractivity contribution in [1.29, 1.82) is 0 Å². The van der Waals surface area contributed by atoms with Gasteiger partial charge >= 0.3 is 0 Å². The smallest absolute Gasteiger partial charge is 0.163 e. The van der Waals surface area contributed by atoms with E-state index in [-0.39, 0.29) is 0 Å². The normalized spacial score (nSPS) is 15.2. The van der Waals surface area contributed by atoms with Crippen LogP contribution in [0.25, 0.3) is 0 Å². The Morgan fingerprint density at radius 2 is 1.77 bits per heavy atom. The van der Waals surface area contributed by atoms with Gasteiger partial charge in [-0.2, -0.15) is 0 Å². The molecule has 13 heavy (non-hydrogen) atoms. The number of benzene rings is 1. The average molecular weight is 197 g/mol. The summed E-state index contributed by atoms with van der Waals surface area (Å²) in [5, 5.41) is 0. The Morgan fingerprint density at radius 1 is 1.15 bits per heavy atom. The summed E-state index contributed by atoms with van der Waals surface area (Å²) in [7, 11) is 0. The molecule has 0 unspecified atom stereocenters. The van der Waals surface area contributed by atoms with Crippen LogP contribution in [0.2, 0.25) is 0 Å². The molecule has 0 spiro atoms. The lowest BCUT2D eigenvalue weighted by molar-refractivity contribution is 0.297. The molecule has 4 heteroatoms. The van der Waals surface area contributed by atoms with Crippen LogP contribution in [0.3, 0.4) is 0 Å². The summed E-state index contributed by atoms with van der Waals surface area (Å²) in [6, 6.07) is 3.54. The van der Waals surface area contributed by atoms with Gasteiger partial charge in [-0.15, -0.1) is 12.6 Å². The zero-order valence-electron chi connectivity index (χ0n) is 7.12. The van der Waals surface area contributed by atoms with Crippen molar-refractivity contribution in [2.75, 3.05) is 18.9 Å². The number of hydrogen-bond acceptors (Lipinski definition) is 4. The first kappa shape index (κ1) is 8.56. The van der Waals surface area contributed by atoms with Crippen molar-refractivity contribution < 1.29 is 9.47 Å². The Kier molecular flexibility index (Phi) is 2.22. The SMILES string of the molecule is Nc1cc2c(cc1S)OCCCO2. The average Bonchev–Trinajstić information content (AvgIpc) is 2.31. The molecule has 0 bridgehead atoms. The lowest BCUT2D eigenvalue weighted by atomic mass is 10.3. The van der Waals surface area contributed by atoms with E-state index in [2.05, 4.69) is 12.6 Å². The van der Waals surface area contributed by atoms with Crippen LogP contribution >= 0.6 is 12.6 Å². The summed E-state index contributed by atoms with van der Waals surface area (Å²) in [5.41, 5.74) is 6.30. The molecule has 0 aromatic heterocycles. The minimum absolute atomic E-state index is 0.618. The Hall–Kier alpha value is -1.03. The third-order valence-corrected chi connectivity index (χ3v) is 2.28. The molecule has 1 aromatic carbocycles. The fraction of sp³-hybridized carbons (Fsp3) is 0.333. The summed E-state index contributed by atoms with van der Waals surface area (Å²) in [4.78, 5) is 0.726. The van der Waals surface area contributed by atoms with E-state index in [0.717, 1.165) is 17.1 Å². The van der Waals surface area contributed by atoms with Gasteiger partial charge in [0.1, 0.15) is 0 Å². The van der Waals surface area contributed by atoms with Crippen LogP contribution in [-0.2, 0) is 0 Å². The monoisotopic (exact) mass is 197 g/mol. The van der Waals surface area contributed by atoms with Crippen LogP contribution in [-0.4, -0.2) is 13.2 Å². The van der Waals surface area contributed by atoms with Crippen LogP contribution in [0, 0.1) is 0 Å². The molecule has 1 aliphatic rings. The highest BCUT2D eigenvalue weighted by Crippen LogP contribution is 2.35. The fourth-order valence-electron chi connectivity index (χ4n) is 1.21. The summed E-state index contributed by atoms with van der Waals surface area (Å²) in [6.45, 7) is 1.36. The number of rotatable bonds is 0. The lowest BCUT2D eigenvalue weighted by Crippen LogP contribution is -1.97. The highest BCUT2D eigenvalue weighted by Gasteiger charge is 2.11.